The number of aryl methyl sites for hydroxylation is 1. The summed E-state index contributed by atoms with van der Waals surface area (Å²) in [7, 11) is -4.45. The van der Waals surface area contributed by atoms with Crippen molar-refractivity contribution in [1.82, 2.24) is 19.7 Å². The van der Waals surface area contributed by atoms with Gasteiger partial charge in [0.25, 0.3) is 10.0 Å². The second-order valence-corrected chi connectivity index (χ2v) is 7.98. The zero-order chi connectivity index (χ0) is 22.0. The van der Waals surface area contributed by atoms with Gasteiger partial charge in [-0.3, -0.25) is 9.29 Å². The predicted molar refractivity (Wildman–Crippen MR) is 108 cm³/mol. The van der Waals surface area contributed by atoms with Crippen molar-refractivity contribution in [2.45, 2.75) is 11.8 Å². The number of nitrogens with zero attached hydrogens (tertiary/aromatic N) is 4. The molecule has 0 saturated carbocycles. The molecule has 0 saturated heterocycles. The third kappa shape index (κ3) is 4.36. The van der Waals surface area contributed by atoms with Crippen LogP contribution < -0.4 is 9.46 Å². The average Bonchev–Trinajstić information content (AvgIpc) is 3.15. The number of rotatable bonds is 6. The van der Waals surface area contributed by atoms with Gasteiger partial charge in [0.1, 0.15) is 23.2 Å². The molecule has 0 fully saturated rings. The van der Waals surface area contributed by atoms with E-state index >= 15 is 0 Å². The summed E-state index contributed by atoms with van der Waals surface area (Å²) in [4.78, 5) is 3.08. The summed E-state index contributed by atoms with van der Waals surface area (Å²) in [5.41, 5.74) is 0.104. The van der Waals surface area contributed by atoms with Crippen molar-refractivity contribution in [2.24, 2.45) is 0 Å². The van der Waals surface area contributed by atoms with Crippen LogP contribution in [0.2, 0.25) is 0 Å². The normalized spacial score (nSPS) is 11.3. The fourth-order valence-electron chi connectivity index (χ4n) is 2.77. The van der Waals surface area contributed by atoms with Crippen LogP contribution in [-0.2, 0) is 10.0 Å². The summed E-state index contributed by atoms with van der Waals surface area (Å²) < 4.78 is 61.7. The van der Waals surface area contributed by atoms with E-state index in [4.69, 9.17) is 4.74 Å². The minimum absolute atomic E-state index is 0.104. The molecular formula is C20H15F2N5O3S. The molecule has 0 atom stereocenters. The number of imidazole rings is 1. The second-order valence-electron chi connectivity index (χ2n) is 6.36. The maximum Gasteiger partial charge on any atom is 0.267 e. The predicted octanol–water partition coefficient (Wildman–Crippen LogP) is 3.84. The molecule has 0 amide bonds. The summed E-state index contributed by atoms with van der Waals surface area (Å²) >= 11 is 0. The van der Waals surface area contributed by atoms with Crippen molar-refractivity contribution in [2.75, 3.05) is 4.72 Å². The largest absolute Gasteiger partial charge is 0.438 e. The lowest BCUT2D eigenvalue weighted by Crippen LogP contribution is -2.16. The highest BCUT2D eigenvalue weighted by Crippen LogP contribution is 2.25. The van der Waals surface area contributed by atoms with E-state index in [1.54, 1.807) is 29.1 Å². The van der Waals surface area contributed by atoms with Crippen LogP contribution in [0.25, 0.3) is 5.82 Å². The summed E-state index contributed by atoms with van der Waals surface area (Å²) in [6, 6.07) is 11.9. The van der Waals surface area contributed by atoms with Crippen molar-refractivity contribution in [1.29, 1.82) is 0 Å². The van der Waals surface area contributed by atoms with Gasteiger partial charge in [-0.15, -0.1) is 10.2 Å². The third-order valence-electron chi connectivity index (χ3n) is 4.22. The van der Waals surface area contributed by atoms with Crippen LogP contribution in [0.1, 0.15) is 5.82 Å². The Labute approximate surface area is 176 Å². The van der Waals surface area contributed by atoms with Crippen LogP contribution in [0.3, 0.4) is 0 Å². The van der Waals surface area contributed by atoms with Gasteiger partial charge in [0.2, 0.25) is 5.88 Å². The number of anilines is 1. The van der Waals surface area contributed by atoms with Crippen LogP contribution in [0.5, 0.6) is 11.6 Å². The molecule has 0 bridgehead atoms. The first kappa shape index (κ1) is 20.4. The fraction of sp³-hybridized carbons (Fsp3) is 0.0500. The number of ether oxygens (including phenoxy) is 1. The summed E-state index contributed by atoms with van der Waals surface area (Å²) in [6.07, 6.45) is 3.41. The second kappa shape index (κ2) is 8.11. The SMILES string of the molecule is Cc1nccn1-c1ccc(Oc2ccc(NS(=O)(=O)c3c(F)cccc3F)cc2)nn1. The van der Waals surface area contributed by atoms with E-state index in [1.807, 2.05) is 6.92 Å². The van der Waals surface area contributed by atoms with Crippen molar-refractivity contribution < 1.29 is 21.9 Å². The van der Waals surface area contributed by atoms with Crippen molar-refractivity contribution in [3.63, 3.8) is 0 Å². The van der Waals surface area contributed by atoms with Gasteiger partial charge in [0, 0.05) is 24.1 Å². The molecule has 8 nitrogen and oxygen atoms in total. The quantitative estimate of drug-likeness (QED) is 0.486. The van der Waals surface area contributed by atoms with Crippen molar-refractivity contribution in [3.05, 3.63) is 84.4 Å². The maximum absolute atomic E-state index is 13.8. The molecule has 0 spiro atoms. The van der Waals surface area contributed by atoms with Gasteiger partial charge in [0.05, 0.1) is 0 Å². The van der Waals surface area contributed by atoms with Crippen molar-refractivity contribution >= 4 is 15.7 Å². The number of benzene rings is 2. The van der Waals surface area contributed by atoms with E-state index in [2.05, 4.69) is 19.9 Å². The van der Waals surface area contributed by atoms with Gasteiger partial charge in [-0.05, 0) is 49.4 Å². The van der Waals surface area contributed by atoms with E-state index in [0.29, 0.717) is 11.6 Å². The molecule has 1 N–H and O–H groups in total. The van der Waals surface area contributed by atoms with Crippen LogP contribution in [0, 0.1) is 18.6 Å². The Morgan fingerprint density at radius 2 is 1.68 bits per heavy atom. The number of nitrogens with one attached hydrogen (secondary N) is 1. The Kier molecular flexibility index (Phi) is 5.34. The van der Waals surface area contributed by atoms with Crippen molar-refractivity contribution in [3.8, 4) is 17.4 Å². The van der Waals surface area contributed by atoms with Gasteiger partial charge in [-0.2, -0.15) is 0 Å². The molecule has 0 aliphatic carbocycles. The Bertz CT molecular complexity index is 1300. The molecule has 0 aliphatic rings. The molecule has 0 aliphatic heterocycles. The molecule has 158 valence electrons. The molecule has 11 heteroatoms. The van der Waals surface area contributed by atoms with E-state index in [-0.39, 0.29) is 11.6 Å². The zero-order valence-corrected chi connectivity index (χ0v) is 16.8. The third-order valence-corrected chi connectivity index (χ3v) is 5.65. The van der Waals surface area contributed by atoms with Gasteiger partial charge < -0.3 is 4.74 Å². The first-order valence-electron chi connectivity index (χ1n) is 8.92. The first-order valence-corrected chi connectivity index (χ1v) is 10.4. The number of aromatic nitrogens is 4. The highest BCUT2D eigenvalue weighted by molar-refractivity contribution is 7.92. The van der Waals surface area contributed by atoms with Crippen LogP contribution in [0.15, 0.2) is 71.9 Å². The maximum atomic E-state index is 13.8. The average molecular weight is 443 g/mol. The molecule has 2 heterocycles. The summed E-state index contributed by atoms with van der Waals surface area (Å²) in [5.74, 6) is -0.436. The lowest BCUT2D eigenvalue weighted by Gasteiger charge is -2.10. The van der Waals surface area contributed by atoms with Gasteiger partial charge >= 0.3 is 0 Å². The Morgan fingerprint density at radius 1 is 0.968 bits per heavy atom. The molecule has 2 aromatic carbocycles. The minimum Gasteiger partial charge on any atom is -0.438 e. The van der Waals surface area contributed by atoms with E-state index < -0.39 is 26.6 Å². The molecule has 31 heavy (non-hydrogen) atoms. The number of hydrogen-bond donors (Lipinski definition) is 1. The first-order chi connectivity index (χ1) is 14.8. The van der Waals surface area contributed by atoms with Gasteiger partial charge in [-0.1, -0.05) is 6.07 Å². The Morgan fingerprint density at radius 3 is 2.26 bits per heavy atom. The number of hydrogen-bond acceptors (Lipinski definition) is 6. The molecule has 4 aromatic rings. The topological polar surface area (TPSA) is 99.0 Å². The standard InChI is InChI=1S/C20H15F2N5O3S/c1-13-23-11-12-27(13)18-9-10-19(25-24-18)30-15-7-5-14(6-8-15)26-31(28,29)20-16(21)3-2-4-17(20)22/h2-12,26H,1H3. The molecular weight excluding hydrogens is 428 g/mol. The lowest BCUT2D eigenvalue weighted by atomic mass is 10.3. The molecule has 2 aromatic heterocycles. The fourth-order valence-corrected chi connectivity index (χ4v) is 3.97. The Balaban J connectivity index is 1.47. The number of halogens is 2. The van der Waals surface area contributed by atoms with Gasteiger partial charge in [-0.25, -0.2) is 22.2 Å². The monoisotopic (exact) mass is 443 g/mol. The Hall–Kier alpha value is -3.86. The molecule has 0 unspecified atom stereocenters. The van der Waals surface area contributed by atoms with Crippen LogP contribution >= 0.6 is 0 Å². The highest BCUT2D eigenvalue weighted by Gasteiger charge is 2.23. The van der Waals surface area contributed by atoms with Crippen LogP contribution in [-0.4, -0.2) is 28.2 Å². The molecule has 0 radical (unpaired) electrons. The smallest absolute Gasteiger partial charge is 0.267 e. The van der Waals surface area contributed by atoms with Crippen LogP contribution in [0.4, 0.5) is 14.5 Å². The summed E-state index contributed by atoms with van der Waals surface area (Å²) in [5, 5.41) is 8.08. The van der Waals surface area contributed by atoms with E-state index in [9.17, 15) is 17.2 Å². The van der Waals surface area contributed by atoms with Gasteiger partial charge in [0.15, 0.2) is 10.7 Å². The highest BCUT2D eigenvalue weighted by atomic mass is 32.2. The lowest BCUT2D eigenvalue weighted by molar-refractivity contribution is 0.454. The number of sulfonamides is 1. The van der Waals surface area contributed by atoms with E-state index in [1.165, 1.54) is 24.3 Å². The summed E-state index contributed by atoms with van der Waals surface area (Å²) in [6.45, 7) is 1.84. The van der Waals surface area contributed by atoms with E-state index in [0.717, 1.165) is 24.0 Å². The minimum atomic E-state index is -4.45. The zero-order valence-electron chi connectivity index (χ0n) is 16.0. The molecule has 4 rings (SSSR count).